The zero-order valence-electron chi connectivity index (χ0n) is 8.18. The Hall–Kier alpha value is 1.13. The normalized spacial score (nSPS) is 12.8. The standard InChI is InChI=1S/C11H5Br4ClS/c12-7-3-1-2-5(10(7)16)9(14)6-4-8(13)17-11(6)15/h1-4,9H. The second kappa shape index (κ2) is 6.06. The number of rotatable bonds is 2. The fourth-order valence-electron chi connectivity index (χ4n) is 1.41. The molecule has 1 atom stereocenters. The minimum Gasteiger partial charge on any atom is -0.121 e. The van der Waals surface area contributed by atoms with Crippen LogP contribution in [0.5, 0.6) is 0 Å². The van der Waals surface area contributed by atoms with Crippen LogP contribution >= 0.6 is 86.7 Å². The molecule has 2 aromatic rings. The molecule has 1 unspecified atom stereocenters. The fraction of sp³-hybridized carbons (Fsp3) is 0.0909. The van der Waals surface area contributed by atoms with Crippen molar-refractivity contribution in [2.24, 2.45) is 0 Å². The van der Waals surface area contributed by atoms with Gasteiger partial charge in [-0.15, -0.1) is 11.3 Å². The van der Waals surface area contributed by atoms with E-state index in [2.05, 4.69) is 69.8 Å². The molecular weight excluding hydrogens is 519 g/mol. The summed E-state index contributed by atoms with van der Waals surface area (Å²) in [7, 11) is 0. The van der Waals surface area contributed by atoms with Gasteiger partial charge in [0.05, 0.1) is 17.4 Å². The van der Waals surface area contributed by atoms with Crippen molar-refractivity contribution in [1.29, 1.82) is 0 Å². The van der Waals surface area contributed by atoms with Crippen molar-refractivity contribution in [3.63, 3.8) is 0 Å². The maximum Gasteiger partial charge on any atom is 0.0757 e. The summed E-state index contributed by atoms with van der Waals surface area (Å²) in [6, 6.07) is 8.02. The van der Waals surface area contributed by atoms with Crippen molar-refractivity contribution in [3.05, 3.63) is 52.5 Å². The number of alkyl halides is 1. The van der Waals surface area contributed by atoms with Crippen LogP contribution in [0, 0.1) is 0 Å². The van der Waals surface area contributed by atoms with Gasteiger partial charge < -0.3 is 0 Å². The topological polar surface area (TPSA) is 0 Å². The summed E-state index contributed by atoms with van der Waals surface area (Å²) in [5, 5.41) is 0.739. The number of hydrogen-bond acceptors (Lipinski definition) is 1. The van der Waals surface area contributed by atoms with E-state index in [4.69, 9.17) is 11.6 Å². The molecule has 1 heterocycles. The molecule has 0 aliphatic rings. The molecule has 2 rings (SSSR count). The lowest BCUT2D eigenvalue weighted by atomic mass is 10.1. The average molecular weight is 524 g/mol. The van der Waals surface area contributed by atoms with E-state index < -0.39 is 0 Å². The van der Waals surface area contributed by atoms with Crippen LogP contribution in [-0.2, 0) is 0 Å². The molecule has 0 bridgehead atoms. The largest absolute Gasteiger partial charge is 0.121 e. The lowest BCUT2D eigenvalue weighted by molar-refractivity contribution is 1.18. The van der Waals surface area contributed by atoms with E-state index >= 15 is 0 Å². The molecular formula is C11H5Br4ClS. The highest BCUT2D eigenvalue weighted by molar-refractivity contribution is 9.12. The van der Waals surface area contributed by atoms with Crippen molar-refractivity contribution >= 4 is 86.7 Å². The van der Waals surface area contributed by atoms with Crippen molar-refractivity contribution in [3.8, 4) is 0 Å². The Balaban J connectivity index is 2.47. The second-order valence-corrected chi connectivity index (χ2v) is 9.18. The Morgan fingerprint density at radius 1 is 1.12 bits per heavy atom. The van der Waals surface area contributed by atoms with Gasteiger partial charge in [0.1, 0.15) is 0 Å². The lowest BCUT2D eigenvalue weighted by Gasteiger charge is -2.12. The summed E-state index contributed by atoms with van der Waals surface area (Å²) in [5.41, 5.74) is 2.22. The quantitative estimate of drug-likeness (QED) is 0.366. The first-order valence-corrected chi connectivity index (χ1v) is 9.02. The number of hydrogen-bond donors (Lipinski definition) is 0. The van der Waals surface area contributed by atoms with Crippen LogP contribution in [0.4, 0.5) is 0 Å². The van der Waals surface area contributed by atoms with Gasteiger partial charge in [0.15, 0.2) is 0 Å². The minimum absolute atomic E-state index is 0.0735. The van der Waals surface area contributed by atoms with Crippen molar-refractivity contribution in [2.45, 2.75) is 4.83 Å². The van der Waals surface area contributed by atoms with Gasteiger partial charge in [0.25, 0.3) is 0 Å². The SMILES string of the molecule is Clc1c(Br)cccc1C(Br)c1cc(Br)sc1Br. The van der Waals surface area contributed by atoms with E-state index in [0.29, 0.717) is 0 Å². The Bertz CT molecular complexity index is 552. The molecule has 0 radical (unpaired) electrons. The van der Waals surface area contributed by atoms with Gasteiger partial charge in [0, 0.05) is 4.47 Å². The molecule has 0 amide bonds. The van der Waals surface area contributed by atoms with Crippen molar-refractivity contribution < 1.29 is 0 Å². The maximum absolute atomic E-state index is 6.30. The molecule has 0 fully saturated rings. The van der Waals surface area contributed by atoms with Crippen molar-refractivity contribution in [2.75, 3.05) is 0 Å². The molecule has 17 heavy (non-hydrogen) atoms. The molecule has 1 aromatic heterocycles. The molecule has 6 heteroatoms. The summed E-state index contributed by atoms with van der Waals surface area (Å²) < 4.78 is 3.10. The molecule has 0 N–H and O–H groups in total. The van der Waals surface area contributed by atoms with Gasteiger partial charge in [-0.3, -0.25) is 0 Å². The summed E-state index contributed by atoms with van der Waals surface area (Å²) in [5.74, 6) is 0. The maximum atomic E-state index is 6.30. The third-order valence-electron chi connectivity index (χ3n) is 2.21. The van der Waals surface area contributed by atoms with Crippen LogP contribution in [0.1, 0.15) is 16.0 Å². The first-order chi connectivity index (χ1) is 8.00. The Morgan fingerprint density at radius 3 is 2.41 bits per heavy atom. The van der Waals surface area contributed by atoms with Crippen LogP contribution in [0.3, 0.4) is 0 Å². The minimum atomic E-state index is 0.0735. The third-order valence-corrected chi connectivity index (χ3v) is 6.89. The van der Waals surface area contributed by atoms with Gasteiger partial charge in [-0.2, -0.15) is 0 Å². The predicted molar refractivity (Wildman–Crippen MR) is 89.6 cm³/mol. The molecule has 0 aliphatic carbocycles. The second-order valence-electron chi connectivity index (χ2n) is 3.29. The Labute approximate surface area is 142 Å². The van der Waals surface area contributed by atoms with E-state index in [1.165, 1.54) is 5.56 Å². The molecule has 1 aromatic carbocycles. The van der Waals surface area contributed by atoms with Gasteiger partial charge in [0.2, 0.25) is 0 Å². The molecule has 0 saturated carbocycles. The molecule has 90 valence electrons. The van der Waals surface area contributed by atoms with Crippen LogP contribution in [0.25, 0.3) is 0 Å². The fourth-order valence-corrected chi connectivity index (χ4v) is 6.26. The van der Waals surface area contributed by atoms with E-state index in [0.717, 1.165) is 22.6 Å². The van der Waals surface area contributed by atoms with Gasteiger partial charge in [-0.25, -0.2) is 0 Å². The Morgan fingerprint density at radius 2 is 1.82 bits per heavy atom. The van der Waals surface area contributed by atoms with Gasteiger partial charge in [-0.05, 0) is 71.0 Å². The van der Waals surface area contributed by atoms with E-state index in [1.807, 2.05) is 18.2 Å². The number of benzene rings is 1. The van der Waals surface area contributed by atoms with Gasteiger partial charge in [-0.1, -0.05) is 39.7 Å². The predicted octanol–water partition coefficient (Wildman–Crippen LogP) is 7.17. The van der Waals surface area contributed by atoms with Crippen LogP contribution in [0.15, 0.2) is 36.3 Å². The molecule has 0 spiro atoms. The zero-order valence-corrected chi connectivity index (χ0v) is 16.1. The first-order valence-electron chi connectivity index (χ1n) is 4.53. The van der Waals surface area contributed by atoms with Gasteiger partial charge >= 0.3 is 0 Å². The lowest BCUT2D eigenvalue weighted by Crippen LogP contribution is -1.93. The van der Waals surface area contributed by atoms with E-state index in [9.17, 15) is 0 Å². The summed E-state index contributed by atoms with van der Waals surface area (Å²) in [6.45, 7) is 0. The highest BCUT2D eigenvalue weighted by Gasteiger charge is 2.19. The smallest absolute Gasteiger partial charge is 0.0757 e. The summed E-state index contributed by atoms with van der Waals surface area (Å²) >= 11 is 22.1. The highest BCUT2D eigenvalue weighted by Crippen LogP contribution is 2.44. The summed E-state index contributed by atoms with van der Waals surface area (Å²) in [4.78, 5) is 0.0735. The van der Waals surface area contributed by atoms with Crippen molar-refractivity contribution in [1.82, 2.24) is 0 Å². The first kappa shape index (κ1) is 14.5. The number of halogens is 5. The zero-order chi connectivity index (χ0) is 12.6. The Kier molecular flexibility index (Phi) is 5.18. The van der Waals surface area contributed by atoms with Crippen LogP contribution in [-0.4, -0.2) is 0 Å². The molecule has 0 nitrogen and oxygen atoms in total. The molecule has 0 aliphatic heterocycles. The summed E-state index contributed by atoms with van der Waals surface area (Å²) in [6.07, 6.45) is 0. The van der Waals surface area contributed by atoms with E-state index in [-0.39, 0.29) is 4.83 Å². The molecule has 0 saturated heterocycles. The average Bonchev–Trinajstić information content (AvgIpc) is 2.61. The van der Waals surface area contributed by atoms with Crippen LogP contribution < -0.4 is 0 Å². The monoisotopic (exact) mass is 520 g/mol. The van der Waals surface area contributed by atoms with E-state index in [1.54, 1.807) is 11.3 Å². The number of thiophene rings is 1. The third kappa shape index (κ3) is 3.18. The van der Waals surface area contributed by atoms with Crippen LogP contribution in [0.2, 0.25) is 5.02 Å². The highest BCUT2D eigenvalue weighted by atomic mass is 79.9.